The van der Waals surface area contributed by atoms with Gasteiger partial charge in [0.2, 0.25) is 0 Å². The Bertz CT molecular complexity index is 1880. The Morgan fingerprint density at radius 3 is 1.82 bits per heavy atom. The van der Waals surface area contributed by atoms with Crippen molar-refractivity contribution >= 4 is 80.3 Å². The predicted molar refractivity (Wildman–Crippen MR) is 196 cm³/mol. The second kappa shape index (κ2) is 17.8. The van der Waals surface area contributed by atoms with Crippen LogP contribution in [0.5, 0.6) is 0 Å². The minimum absolute atomic E-state index is 0.0877. The van der Waals surface area contributed by atoms with Gasteiger partial charge in [-0.15, -0.1) is 0 Å². The number of alkyl halides is 6. The van der Waals surface area contributed by atoms with Crippen molar-refractivity contribution in [1.29, 1.82) is 0 Å². The first-order valence-electron chi connectivity index (χ1n) is 15.1. The standard InChI is InChI=1S/C20H12BrF6P.C17H17Cl2NO3/c21-17-3-1-2-4-18(17)28(15-9-5-13(6-10-15)19(22,23)24)16-11-7-14(8-12-16)20(25,26)27;1-3-22-10-23-17(21)12-6-4-5-7-14(12)20-16-13(18)9-8-11(2)15(16)19/h1-12H;4-9,20H,3,10H2,1-2H3. The van der Waals surface area contributed by atoms with Crippen LogP contribution in [0.1, 0.15) is 34.0 Å². The maximum atomic E-state index is 12.9. The summed E-state index contributed by atoms with van der Waals surface area (Å²) in [5, 5.41) is 6.11. The highest BCUT2D eigenvalue weighted by molar-refractivity contribution is 9.10. The van der Waals surface area contributed by atoms with Gasteiger partial charge in [-0.05, 0) is 91.8 Å². The first kappa shape index (κ1) is 40.2. The number of ether oxygens (including phenoxy) is 2. The Hall–Kier alpha value is -3.60. The van der Waals surface area contributed by atoms with Gasteiger partial charge in [-0.25, -0.2) is 4.79 Å². The smallest absolute Gasteiger partial charge is 0.416 e. The van der Waals surface area contributed by atoms with Gasteiger partial charge in [0.1, 0.15) is 0 Å². The number of nitrogens with one attached hydrogen (secondary N) is 1. The van der Waals surface area contributed by atoms with Gasteiger partial charge in [-0.2, -0.15) is 26.3 Å². The summed E-state index contributed by atoms with van der Waals surface area (Å²) < 4.78 is 88.1. The molecule has 1 N–H and O–H groups in total. The number of para-hydroxylation sites is 1. The van der Waals surface area contributed by atoms with Gasteiger partial charge in [0.25, 0.3) is 0 Å². The zero-order valence-corrected chi connectivity index (χ0v) is 30.9. The Labute approximate surface area is 310 Å². The molecule has 0 spiro atoms. The summed E-state index contributed by atoms with van der Waals surface area (Å²) in [4.78, 5) is 12.2. The van der Waals surface area contributed by atoms with Crippen LogP contribution >= 0.6 is 47.1 Å². The van der Waals surface area contributed by atoms with Gasteiger partial charge in [-0.1, -0.05) is 99.8 Å². The Morgan fingerprint density at radius 2 is 1.29 bits per heavy atom. The number of aryl methyl sites for hydroxylation is 1. The Kier molecular flexibility index (Phi) is 14.0. The van der Waals surface area contributed by atoms with Crippen LogP contribution in [0.25, 0.3) is 0 Å². The third-order valence-corrected chi connectivity index (χ3v) is 11.5. The first-order valence-corrected chi connectivity index (χ1v) is 18.0. The molecule has 51 heavy (non-hydrogen) atoms. The van der Waals surface area contributed by atoms with Crippen molar-refractivity contribution in [3.05, 3.63) is 146 Å². The van der Waals surface area contributed by atoms with E-state index in [0.717, 1.165) is 39.6 Å². The summed E-state index contributed by atoms with van der Waals surface area (Å²) in [7, 11) is -1.34. The molecule has 0 aliphatic carbocycles. The molecule has 0 aliphatic heterocycles. The lowest BCUT2D eigenvalue weighted by Gasteiger charge is -2.21. The molecule has 5 aromatic carbocycles. The highest BCUT2D eigenvalue weighted by Crippen LogP contribution is 2.39. The quantitative estimate of drug-likeness (QED) is 0.0528. The summed E-state index contributed by atoms with van der Waals surface area (Å²) in [5.74, 6) is -0.485. The van der Waals surface area contributed by atoms with Gasteiger partial charge in [0.15, 0.2) is 6.79 Å². The Morgan fingerprint density at radius 1 is 0.765 bits per heavy atom. The molecule has 0 unspecified atom stereocenters. The minimum Gasteiger partial charge on any atom is -0.435 e. The number of hydrogen-bond acceptors (Lipinski definition) is 4. The largest absolute Gasteiger partial charge is 0.435 e. The molecular weight excluding hydrogens is 802 g/mol. The number of hydrogen-bond donors (Lipinski definition) is 1. The number of rotatable bonds is 9. The molecule has 5 rings (SSSR count). The normalized spacial score (nSPS) is 11.5. The van der Waals surface area contributed by atoms with Crippen LogP contribution in [0.15, 0.2) is 114 Å². The van der Waals surface area contributed by atoms with E-state index in [1.165, 1.54) is 24.3 Å². The molecule has 0 radical (unpaired) electrons. The first-order chi connectivity index (χ1) is 24.1. The third kappa shape index (κ3) is 10.7. The van der Waals surface area contributed by atoms with Crippen molar-refractivity contribution in [2.24, 2.45) is 0 Å². The van der Waals surface area contributed by atoms with Gasteiger partial charge < -0.3 is 14.8 Å². The van der Waals surface area contributed by atoms with E-state index in [-0.39, 0.29) is 6.79 Å². The number of halogens is 9. The SMILES string of the molecule is CCOCOC(=O)c1ccccc1Nc1c(Cl)ccc(C)c1Cl.FC(F)(F)c1ccc(P(c2ccc(C(F)(F)F)cc2)c2ccccc2Br)cc1. The second-order valence-electron chi connectivity index (χ2n) is 10.6. The van der Waals surface area contributed by atoms with Crippen molar-refractivity contribution in [3.8, 4) is 0 Å². The maximum absolute atomic E-state index is 12.9. The number of benzene rings is 5. The molecule has 0 fully saturated rings. The van der Waals surface area contributed by atoms with Crippen LogP contribution < -0.4 is 21.2 Å². The van der Waals surface area contributed by atoms with Crippen molar-refractivity contribution in [2.75, 3.05) is 18.7 Å². The number of carbonyl (C=O) groups is 1. The van der Waals surface area contributed by atoms with E-state index in [2.05, 4.69) is 21.2 Å². The lowest BCUT2D eigenvalue weighted by atomic mass is 10.1. The van der Waals surface area contributed by atoms with Crippen molar-refractivity contribution in [3.63, 3.8) is 0 Å². The van der Waals surface area contributed by atoms with Crippen LogP contribution in [-0.2, 0) is 21.8 Å². The van der Waals surface area contributed by atoms with Crippen molar-refractivity contribution < 1.29 is 40.6 Å². The zero-order valence-electron chi connectivity index (χ0n) is 26.9. The fourth-order valence-electron chi connectivity index (χ4n) is 4.59. The van der Waals surface area contributed by atoms with Crippen LogP contribution in [0, 0.1) is 6.92 Å². The van der Waals surface area contributed by atoms with E-state index in [0.29, 0.717) is 44.2 Å². The minimum atomic E-state index is -4.46. The molecule has 0 bridgehead atoms. The highest BCUT2D eigenvalue weighted by atomic mass is 79.9. The molecule has 0 atom stereocenters. The lowest BCUT2D eigenvalue weighted by Crippen LogP contribution is -2.22. The van der Waals surface area contributed by atoms with Gasteiger partial charge in [-0.3, -0.25) is 0 Å². The zero-order chi connectivity index (χ0) is 37.3. The highest BCUT2D eigenvalue weighted by Gasteiger charge is 2.32. The fourth-order valence-corrected chi connectivity index (χ4v) is 8.15. The molecule has 0 saturated heterocycles. The molecule has 0 amide bonds. The summed E-state index contributed by atoms with van der Waals surface area (Å²) >= 11 is 15.9. The number of anilines is 2. The molecule has 5 aromatic rings. The second-order valence-corrected chi connectivity index (χ2v) is 14.5. The predicted octanol–water partition coefficient (Wildman–Crippen LogP) is 11.4. The van der Waals surface area contributed by atoms with Gasteiger partial charge in [0.05, 0.1) is 38.1 Å². The lowest BCUT2D eigenvalue weighted by molar-refractivity contribution is -0.138. The summed E-state index contributed by atoms with van der Waals surface area (Å²) in [6.07, 6.45) is -8.91. The fraction of sp³-hybridized carbons (Fsp3) is 0.162. The van der Waals surface area contributed by atoms with E-state index < -0.39 is 37.4 Å². The number of carbonyl (C=O) groups excluding carboxylic acids is 1. The van der Waals surface area contributed by atoms with E-state index >= 15 is 0 Å². The van der Waals surface area contributed by atoms with Crippen LogP contribution in [0.2, 0.25) is 10.0 Å². The topological polar surface area (TPSA) is 47.6 Å². The Balaban J connectivity index is 0.000000233. The summed E-state index contributed by atoms with van der Waals surface area (Å²) in [6, 6.07) is 27.2. The molecule has 14 heteroatoms. The molecular formula is C37H29BrCl2F6NO3P. The molecule has 268 valence electrons. The van der Waals surface area contributed by atoms with Gasteiger partial charge in [0, 0.05) is 11.1 Å². The van der Waals surface area contributed by atoms with Crippen molar-refractivity contribution in [1.82, 2.24) is 0 Å². The van der Waals surface area contributed by atoms with E-state index in [1.807, 2.05) is 26.0 Å². The average molecular weight is 831 g/mol. The molecule has 0 aromatic heterocycles. The maximum Gasteiger partial charge on any atom is 0.416 e. The number of esters is 1. The molecule has 0 saturated carbocycles. The average Bonchev–Trinajstić information content (AvgIpc) is 3.09. The molecule has 4 nitrogen and oxygen atoms in total. The summed E-state index contributed by atoms with van der Waals surface area (Å²) in [6.45, 7) is 4.09. The summed E-state index contributed by atoms with van der Waals surface area (Å²) in [5.41, 5.74) is 0.828. The third-order valence-electron chi connectivity index (χ3n) is 7.17. The molecule has 0 aliphatic rings. The monoisotopic (exact) mass is 829 g/mol. The van der Waals surface area contributed by atoms with E-state index in [1.54, 1.807) is 48.5 Å². The van der Waals surface area contributed by atoms with Crippen molar-refractivity contribution in [2.45, 2.75) is 26.2 Å². The van der Waals surface area contributed by atoms with Gasteiger partial charge >= 0.3 is 18.3 Å². The van der Waals surface area contributed by atoms with Crippen LogP contribution in [0.4, 0.5) is 37.7 Å². The van der Waals surface area contributed by atoms with E-state index in [4.69, 9.17) is 32.7 Å². The van der Waals surface area contributed by atoms with E-state index in [9.17, 15) is 31.1 Å². The molecule has 0 heterocycles. The van der Waals surface area contributed by atoms with Crippen LogP contribution in [0.3, 0.4) is 0 Å². The van der Waals surface area contributed by atoms with Crippen LogP contribution in [-0.4, -0.2) is 19.4 Å².